The van der Waals surface area contributed by atoms with Gasteiger partial charge in [-0.3, -0.25) is 5.32 Å². The quantitative estimate of drug-likeness (QED) is 0.319. The van der Waals surface area contributed by atoms with Gasteiger partial charge in [-0.1, -0.05) is 30.0 Å². The third kappa shape index (κ3) is 5.61. The molecule has 1 aliphatic carbocycles. The Hall–Kier alpha value is -3.47. The summed E-state index contributed by atoms with van der Waals surface area (Å²) in [6.45, 7) is 2.98. The molecule has 0 spiro atoms. The lowest BCUT2D eigenvalue weighted by molar-refractivity contribution is 0.122. The van der Waals surface area contributed by atoms with Gasteiger partial charge >= 0.3 is 6.09 Å². The number of morpholine rings is 1. The predicted molar refractivity (Wildman–Crippen MR) is 145 cm³/mol. The van der Waals surface area contributed by atoms with Crippen LogP contribution in [0.15, 0.2) is 76.6 Å². The molecule has 0 bridgehead atoms. The van der Waals surface area contributed by atoms with Gasteiger partial charge in [-0.2, -0.15) is 0 Å². The highest BCUT2D eigenvalue weighted by atomic mass is 32.2. The lowest BCUT2D eigenvalue weighted by Gasteiger charge is -2.29. The van der Waals surface area contributed by atoms with Gasteiger partial charge in [-0.05, 0) is 49.2 Å². The van der Waals surface area contributed by atoms with Crippen molar-refractivity contribution in [1.82, 2.24) is 15.0 Å². The van der Waals surface area contributed by atoms with Crippen LogP contribution in [-0.4, -0.2) is 47.3 Å². The van der Waals surface area contributed by atoms with Crippen molar-refractivity contribution in [2.75, 3.05) is 36.5 Å². The molecule has 1 saturated heterocycles. The van der Waals surface area contributed by atoms with Crippen LogP contribution in [0.2, 0.25) is 0 Å². The van der Waals surface area contributed by atoms with Crippen molar-refractivity contribution in [3.8, 4) is 17.1 Å². The van der Waals surface area contributed by atoms with Crippen molar-refractivity contribution in [2.24, 2.45) is 0 Å². The minimum absolute atomic E-state index is 0.0702. The summed E-state index contributed by atoms with van der Waals surface area (Å²) >= 11 is 3.46. The second kappa shape index (κ2) is 10.5. The van der Waals surface area contributed by atoms with Crippen LogP contribution in [0.25, 0.3) is 11.4 Å². The third-order valence-corrected chi connectivity index (χ3v) is 8.65. The van der Waals surface area contributed by atoms with Crippen molar-refractivity contribution in [1.29, 1.82) is 0 Å². The van der Waals surface area contributed by atoms with Crippen LogP contribution in [0.3, 0.4) is 0 Å². The third-order valence-electron chi connectivity index (χ3n) is 6.25. The van der Waals surface area contributed by atoms with E-state index in [9.17, 15) is 4.79 Å². The largest absolute Gasteiger partial charge is 0.417 e. The second-order valence-electron chi connectivity index (χ2n) is 8.83. The van der Waals surface area contributed by atoms with Gasteiger partial charge in [0.25, 0.3) is 0 Å². The first-order valence-electron chi connectivity index (χ1n) is 12.1. The molecule has 1 saturated carbocycles. The van der Waals surface area contributed by atoms with Crippen molar-refractivity contribution < 1.29 is 14.3 Å². The lowest BCUT2D eigenvalue weighted by atomic mass is 10.1. The minimum Gasteiger partial charge on any atom is -0.410 e. The molecule has 8 nitrogen and oxygen atoms in total. The van der Waals surface area contributed by atoms with E-state index in [4.69, 9.17) is 19.4 Å². The summed E-state index contributed by atoms with van der Waals surface area (Å²) < 4.78 is 11.9. The molecule has 2 fully saturated rings. The Morgan fingerprint density at radius 3 is 2.54 bits per heavy atom. The zero-order valence-electron chi connectivity index (χ0n) is 20.0. The first-order valence-corrected chi connectivity index (χ1v) is 13.8. The molecule has 1 N–H and O–H groups in total. The molecular weight excluding hydrogens is 506 g/mol. The lowest BCUT2D eigenvalue weighted by Crippen LogP contribution is -2.37. The van der Waals surface area contributed by atoms with Gasteiger partial charge in [0.2, 0.25) is 0 Å². The number of thioether (sulfide) groups is 1. The molecule has 1 amide bonds. The molecule has 6 rings (SSSR count). The number of aromatic nitrogens is 3. The molecule has 2 aromatic carbocycles. The van der Waals surface area contributed by atoms with E-state index in [1.165, 1.54) is 0 Å². The predicted octanol–water partition coefficient (Wildman–Crippen LogP) is 5.83. The Bertz CT molecular complexity index is 1360. The average Bonchev–Trinajstić information content (AvgIpc) is 3.54. The molecular formula is C27H25N5O3S2. The number of carbonyl (C=O) groups excluding carboxylic acids is 1. The van der Waals surface area contributed by atoms with E-state index in [0.29, 0.717) is 30.5 Å². The molecule has 2 aliphatic rings. The summed E-state index contributed by atoms with van der Waals surface area (Å²) in [6, 6.07) is 18.6. The number of nitrogens with zero attached hydrogens (tertiary/aromatic N) is 4. The zero-order valence-corrected chi connectivity index (χ0v) is 21.6. The number of benzene rings is 2. The fourth-order valence-corrected chi connectivity index (χ4v) is 6.31. The topological polar surface area (TPSA) is 89.5 Å². The van der Waals surface area contributed by atoms with Crippen LogP contribution in [0.4, 0.5) is 16.3 Å². The molecule has 4 aromatic rings. The number of anilines is 2. The summed E-state index contributed by atoms with van der Waals surface area (Å²) in [4.78, 5) is 29.0. The number of nitrogens with one attached hydrogen (secondary N) is 1. The summed E-state index contributed by atoms with van der Waals surface area (Å²) in [5, 5.41) is 4.78. The highest BCUT2D eigenvalue weighted by molar-refractivity contribution is 8.02. The van der Waals surface area contributed by atoms with Crippen molar-refractivity contribution in [3.63, 3.8) is 0 Å². The van der Waals surface area contributed by atoms with Crippen molar-refractivity contribution in [3.05, 3.63) is 77.9 Å². The maximum absolute atomic E-state index is 12.3. The van der Waals surface area contributed by atoms with Crippen LogP contribution < -0.4 is 15.0 Å². The Labute approximate surface area is 223 Å². The van der Waals surface area contributed by atoms with Crippen LogP contribution >= 0.6 is 23.1 Å². The molecule has 1 aliphatic heterocycles. The number of hydrogen-bond donors (Lipinski definition) is 1. The van der Waals surface area contributed by atoms with E-state index in [2.05, 4.69) is 21.3 Å². The number of rotatable bonds is 7. The van der Waals surface area contributed by atoms with Crippen molar-refractivity contribution >= 4 is 40.7 Å². The smallest absolute Gasteiger partial charge is 0.410 e. The van der Waals surface area contributed by atoms with Gasteiger partial charge in [0.15, 0.2) is 10.2 Å². The second-order valence-corrected chi connectivity index (χ2v) is 11.4. The van der Waals surface area contributed by atoms with Crippen LogP contribution in [-0.2, 0) is 9.48 Å². The highest BCUT2D eigenvalue weighted by Gasteiger charge is 2.48. The Morgan fingerprint density at radius 1 is 1.05 bits per heavy atom. The SMILES string of the molecule is O=C(Nc1ccc(-c2nc(N3CCOCC3)cc(C3(Sc4nccs4)CC3)n2)cc1)Oc1ccccc1. The zero-order chi connectivity index (χ0) is 25.1. The number of ether oxygens (including phenoxy) is 2. The molecule has 0 radical (unpaired) electrons. The molecule has 0 atom stereocenters. The molecule has 188 valence electrons. The standard InChI is InChI=1S/C27H25N5O3S2/c33-25(35-21-4-2-1-3-5-21)29-20-8-6-19(7-9-20)24-30-22(18-23(31-24)32-13-15-34-16-14-32)27(10-11-27)37-26-28-12-17-36-26/h1-9,12,17-18H,10-11,13-16H2,(H,29,33). The molecule has 37 heavy (non-hydrogen) atoms. The number of amides is 1. The van der Waals surface area contributed by atoms with Crippen LogP contribution in [0, 0.1) is 0 Å². The maximum Gasteiger partial charge on any atom is 0.417 e. The average molecular weight is 532 g/mol. The van der Waals surface area contributed by atoms with E-state index in [-0.39, 0.29) is 4.75 Å². The first-order chi connectivity index (χ1) is 18.2. The number of hydrogen-bond acceptors (Lipinski definition) is 9. The van der Waals surface area contributed by atoms with Gasteiger partial charge in [0.05, 0.1) is 23.7 Å². The van der Waals surface area contributed by atoms with Crippen LogP contribution in [0.1, 0.15) is 18.5 Å². The normalized spacial score (nSPS) is 16.3. The summed E-state index contributed by atoms with van der Waals surface area (Å²) in [6.07, 6.45) is 3.42. The Kier molecular flexibility index (Phi) is 6.77. The first kappa shape index (κ1) is 23.9. The number of carbonyl (C=O) groups is 1. The minimum atomic E-state index is -0.540. The molecule has 0 unspecified atom stereocenters. The Balaban J connectivity index is 1.25. The van der Waals surface area contributed by atoms with Gasteiger partial charge in [0.1, 0.15) is 11.6 Å². The van der Waals surface area contributed by atoms with Crippen molar-refractivity contribution in [2.45, 2.75) is 21.9 Å². The fourth-order valence-electron chi connectivity index (χ4n) is 4.14. The van der Waals surface area contributed by atoms with E-state index in [0.717, 1.165) is 47.3 Å². The van der Waals surface area contributed by atoms with Crippen LogP contribution in [0.5, 0.6) is 5.75 Å². The number of thiazole rings is 1. The molecule has 2 aromatic heterocycles. The summed E-state index contributed by atoms with van der Waals surface area (Å²) in [7, 11) is 0. The van der Waals surface area contributed by atoms with Gasteiger partial charge in [-0.25, -0.2) is 19.7 Å². The maximum atomic E-state index is 12.3. The van der Waals surface area contributed by atoms with E-state index >= 15 is 0 Å². The molecule has 10 heteroatoms. The summed E-state index contributed by atoms with van der Waals surface area (Å²) in [5.41, 5.74) is 2.55. The Morgan fingerprint density at radius 2 is 1.84 bits per heavy atom. The monoisotopic (exact) mass is 531 g/mol. The number of para-hydroxylation sites is 1. The van der Waals surface area contributed by atoms with E-state index in [1.54, 1.807) is 35.2 Å². The van der Waals surface area contributed by atoms with E-state index in [1.807, 2.05) is 54.0 Å². The fraction of sp³-hybridized carbons (Fsp3) is 0.259. The van der Waals surface area contributed by atoms with Gasteiger partial charge < -0.3 is 14.4 Å². The summed E-state index contributed by atoms with van der Waals surface area (Å²) in [5.74, 6) is 2.08. The van der Waals surface area contributed by atoms with E-state index < -0.39 is 6.09 Å². The molecule has 3 heterocycles. The highest BCUT2D eigenvalue weighted by Crippen LogP contribution is 2.59. The van der Waals surface area contributed by atoms with Gasteiger partial charge in [-0.15, -0.1) is 11.3 Å². The van der Waals surface area contributed by atoms with Gasteiger partial charge in [0, 0.05) is 42.0 Å².